The van der Waals surface area contributed by atoms with E-state index in [0.717, 1.165) is 42.9 Å². The van der Waals surface area contributed by atoms with E-state index in [2.05, 4.69) is 10.2 Å². The van der Waals surface area contributed by atoms with Crippen molar-refractivity contribution in [3.8, 4) is 0 Å². The van der Waals surface area contributed by atoms with Crippen LogP contribution >= 0.6 is 0 Å². The summed E-state index contributed by atoms with van der Waals surface area (Å²) in [6.07, 6.45) is 2.35. The van der Waals surface area contributed by atoms with Gasteiger partial charge in [0.15, 0.2) is 0 Å². The van der Waals surface area contributed by atoms with Crippen LogP contribution in [-0.2, 0) is 14.3 Å². The van der Waals surface area contributed by atoms with Crippen molar-refractivity contribution in [3.63, 3.8) is 0 Å². The summed E-state index contributed by atoms with van der Waals surface area (Å²) < 4.78 is 4.83. The highest BCUT2D eigenvalue weighted by Crippen LogP contribution is 2.32. The Morgan fingerprint density at radius 3 is 2.45 bits per heavy atom. The van der Waals surface area contributed by atoms with E-state index in [9.17, 15) is 14.4 Å². The topological polar surface area (TPSA) is 79.0 Å². The zero-order valence-corrected chi connectivity index (χ0v) is 17.9. The van der Waals surface area contributed by atoms with Gasteiger partial charge >= 0.3 is 5.97 Å². The molecule has 2 aromatic carbocycles. The summed E-state index contributed by atoms with van der Waals surface area (Å²) >= 11 is 0. The van der Waals surface area contributed by atoms with E-state index in [1.807, 2.05) is 37.3 Å². The number of anilines is 3. The van der Waals surface area contributed by atoms with Crippen molar-refractivity contribution in [2.75, 3.05) is 41.9 Å². The molecular formula is C24H27N3O4. The molecule has 0 radical (unpaired) electrons. The molecule has 4 rings (SSSR count). The predicted molar refractivity (Wildman–Crippen MR) is 119 cm³/mol. The third-order valence-corrected chi connectivity index (χ3v) is 5.96. The van der Waals surface area contributed by atoms with E-state index in [0.29, 0.717) is 17.8 Å². The molecule has 2 aromatic rings. The average Bonchev–Trinajstić information content (AvgIpc) is 3.44. The number of benzene rings is 2. The molecule has 2 amide bonds. The highest BCUT2D eigenvalue weighted by atomic mass is 16.5. The number of rotatable bonds is 5. The van der Waals surface area contributed by atoms with Gasteiger partial charge in [0.25, 0.3) is 0 Å². The first-order chi connectivity index (χ1) is 15.0. The zero-order chi connectivity index (χ0) is 22.0. The third-order valence-electron chi connectivity index (χ3n) is 5.96. The van der Waals surface area contributed by atoms with Crippen LogP contribution in [0.25, 0.3) is 0 Å². The summed E-state index contributed by atoms with van der Waals surface area (Å²) in [5.74, 6) is -1.19. The monoisotopic (exact) mass is 421 g/mol. The molecule has 0 aromatic heterocycles. The smallest absolute Gasteiger partial charge is 0.337 e. The Bertz CT molecular complexity index is 996. The minimum atomic E-state index is -0.456. The van der Waals surface area contributed by atoms with Gasteiger partial charge in [-0.3, -0.25) is 9.59 Å². The molecule has 0 bridgehead atoms. The number of nitrogens with zero attached hydrogens (tertiary/aromatic N) is 2. The van der Waals surface area contributed by atoms with E-state index in [1.165, 1.54) is 7.11 Å². The minimum absolute atomic E-state index is 0.0629. The van der Waals surface area contributed by atoms with Gasteiger partial charge in [0.1, 0.15) is 0 Å². The first kappa shape index (κ1) is 20.9. The fourth-order valence-corrected chi connectivity index (χ4v) is 4.21. The van der Waals surface area contributed by atoms with E-state index in [4.69, 9.17) is 4.74 Å². The molecule has 0 aliphatic carbocycles. The van der Waals surface area contributed by atoms with Gasteiger partial charge in [-0.05, 0) is 50.1 Å². The SMILES string of the molecule is COC(=O)c1ccc(N2CCCC2)c(NC(=O)C2CC(=O)N(c3ccc(C)cc3)C2)c1. The van der Waals surface area contributed by atoms with E-state index in [-0.39, 0.29) is 18.2 Å². The molecular weight excluding hydrogens is 394 g/mol. The molecule has 162 valence electrons. The normalized spacial score (nSPS) is 18.4. The molecule has 1 atom stereocenters. The van der Waals surface area contributed by atoms with Crippen LogP contribution in [-0.4, -0.2) is 44.5 Å². The van der Waals surface area contributed by atoms with Crippen molar-refractivity contribution in [2.24, 2.45) is 5.92 Å². The number of aryl methyl sites for hydroxylation is 1. The fourth-order valence-electron chi connectivity index (χ4n) is 4.21. The van der Waals surface area contributed by atoms with Gasteiger partial charge in [-0.15, -0.1) is 0 Å². The van der Waals surface area contributed by atoms with Crippen LogP contribution in [0.5, 0.6) is 0 Å². The molecule has 0 spiro atoms. The number of ether oxygens (including phenoxy) is 1. The van der Waals surface area contributed by atoms with E-state index in [1.54, 1.807) is 17.0 Å². The molecule has 2 fully saturated rings. The van der Waals surface area contributed by atoms with Crippen LogP contribution in [0.3, 0.4) is 0 Å². The predicted octanol–water partition coefficient (Wildman–Crippen LogP) is 3.37. The van der Waals surface area contributed by atoms with Crippen molar-refractivity contribution in [1.82, 2.24) is 0 Å². The Labute approximate surface area is 182 Å². The Morgan fingerprint density at radius 1 is 1.06 bits per heavy atom. The van der Waals surface area contributed by atoms with E-state index >= 15 is 0 Å². The summed E-state index contributed by atoms with van der Waals surface area (Å²) in [5.41, 5.74) is 3.76. The Kier molecular flexibility index (Phi) is 5.93. The number of carbonyl (C=O) groups excluding carboxylic acids is 3. The largest absolute Gasteiger partial charge is 0.465 e. The van der Waals surface area contributed by atoms with Crippen LogP contribution in [0.2, 0.25) is 0 Å². The number of amides is 2. The summed E-state index contributed by atoms with van der Waals surface area (Å²) in [4.78, 5) is 41.5. The zero-order valence-electron chi connectivity index (χ0n) is 17.9. The van der Waals surface area contributed by atoms with Gasteiger partial charge in [-0.1, -0.05) is 17.7 Å². The third kappa shape index (κ3) is 4.40. The molecule has 31 heavy (non-hydrogen) atoms. The number of carbonyl (C=O) groups is 3. The number of nitrogens with one attached hydrogen (secondary N) is 1. The van der Waals surface area contributed by atoms with E-state index < -0.39 is 11.9 Å². The standard InChI is InChI=1S/C24H27N3O4/c1-16-5-8-19(9-6-16)27-15-18(14-22(27)28)23(29)25-20-13-17(24(30)31-2)7-10-21(20)26-11-3-4-12-26/h5-10,13,18H,3-4,11-12,14-15H2,1-2H3,(H,25,29). The van der Waals surface area contributed by atoms with Gasteiger partial charge in [0, 0.05) is 31.7 Å². The lowest BCUT2D eigenvalue weighted by atomic mass is 10.1. The van der Waals surface area contributed by atoms with Crippen molar-refractivity contribution < 1.29 is 19.1 Å². The Balaban J connectivity index is 1.54. The van der Waals surface area contributed by atoms with Crippen LogP contribution < -0.4 is 15.1 Å². The summed E-state index contributed by atoms with van der Waals surface area (Å²) in [7, 11) is 1.33. The molecule has 2 aliphatic rings. The molecule has 1 unspecified atom stereocenters. The maximum Gasteiger partial charge on any atom is 0.337 e. The summed E-state index contributed by atoms with van der Waals surface area (Å²) in [6, 6.07) is 12.9. The molecule has 2 aliphatic heterocycles. The number of methoxy groups -OCH3 is 1. The fraction of sp³-hybridized carbons (Fsp3) is 0.375. The lowest BCUT2D eigenvalue weighted by Crippen LogP contribution is -2.29. The van der Waals surface area contributed by atoms with Crippen LogP contribution in [0, 0.1) is 12.8 Å². The second kappa shape index (κ2) is 8.79. The molecule has 0 saturated carbocycles. The molecule has 7 heteroatoms. The number of hydrogen-bond donors (Lipinski definition) is 1. The molecule has 1 N–H and O–H groups in total. The minimum Gasteiger partial charge on any atom is -0.465 e. The molecule has 2 saturated heterocycles. The van der Waals surface area contributed by atoms with Gasteiger partial charge in [0.05, 0.1) is 30.0 Å². The molecule has 2 heterocycles. The van der Waals surface area contributed by atoms with Crippen LogP contribution in [0.15, 0.2) is 42.5 Å². The lowest BCUT2D eigenvalue weighted by molar-refractivity contribution is -0.122. The Hall–Kier alpha value is -3.35. The van der Waals surface area contributed by atoms with Crippen molar-refractivity contribution in [1.29, 1.82) is 0 Å². The second-order valence-corrected chi connectivity index (χ2v) is 8.15. The van der Waals surface area contributed by atoms with Crippen molar-refractivity contribution in [2.45, 2.75) is 26.2 Å². The van der Waals surface area contributed by atoms with Crippen molar-refractivity contribution in [3.05, 3.63) is 53.6 Å². The number of esters is 1. The molecule has 7 nitrogen and oxygen atoms in total. The quantitative estimate of drug-likeness (QED) is 0.749. The van der Waals surface area contributed by atoms with Gasteiger partial charge in [0.2, 0.25) is 11.8 Å². The van der Waals surface area contributed by atoms with Crippen molar-refractivity contribution >= 4 is 34.8 Å². The maximum atomic E-state index is 13.1. The van der Waals surface area contributed by atoms with Gasteiger partial charge in [-0.2, -0.15) is 0 Å². The lowest BCUT2D eigenvalue weighted by Gasteiger charge is -2.23. The first-order valence-electron chi connectivity index (χ1n) is 10.6. The van der Waals surface area contributed by atoms with Gasteiger partial charge < -0.3 is 19.9 Å². The first-order valence-corrected chi connectivity index (χ1v) is 10.6. The summed E-state index contributed by atoms with van der Waals surface area (Å²) in [6.45, 7) is 4.14. The highest BCUT2D eigenvalue weighted by molar-refractivity contribution is 6.05. The summed E-state index contributed by atoms with van der Waals surface area (Å²) in [5, 5.41) is 2.98. The maximum absolute atomic E-state index is 13.1. The second-order valence-electron chi connectivity index (χ2n) is 8.15. The van der Waals surface area contributed by atoms with Crippen LogP contribution in [0.4, 0.5) is 17.1 Å². The average molecular weight is 421 g/mol. The van der Waals surface area contributed by atoms with Gasteiger partial charge in [-0.25, -0.2) is 4.79 Å². The van der Waals surface area contributed by atoms with Crippen LogP contribution in [0.1, 0.15) is 35.2 Å². The highest BCUT2D eigenvalue weighted by Gasteiger charge is 2.35. The number of hydrogen-bond acceptors (Lipinski definition) is 5. The Morgan fingerprint density at radius 2 is 1.77 bits per heavy atom.